The van der Waals surface area contributed by atoms with Crippen molar-refractivity contribution in [3.8, 4) is 5.75 Å². The highest BCUT2D eigenvalue weighted by molar-refractivity contribution is 7.94. The third kappa shape index (κ3) is 4.42. The third-order valence-corrected chi connectivity index (χ3v) is 6.27. The number of hydrogen-bond acceptors (Lipinski definition) is 5. The van der Waals surface area contributed by atoms with Gasteiger partial charge in [0.25, 0.3) is 10.0 Å². The van der Waals surface area contributed by atoms with Gasteiger partial charge in [0, 0.05) is 43.6 Å². The average molecular weight is 418 g/mol. The smallest absolute Gasteiger partial charge is 0.387 e. The summed E-state index contributed by atoms with van der Waals surface area (Å²) in [6, 6.07) is 11.8. The maximum Gasteiger partial charge on any atom is 0.387 e. The zero-order valence-electron chi connectivity index (χ0n) is 14.2. The highest BCUT2D eigenvalue weighted by atomic mass is 35.5. The molecule has 0 aromatic heterocycles. The van der Waals surface area contributed by atoms with Crippen LogP contribution >= 0.6 is 11.8 Å². The number of nitrogens with zero attached hydrogens (tertiary/aromatic N) is 2. The first-order valence-corrected chi connectivity index (χ1v) is 9.98. The van der Waals surface area contributed by atoms with Crippen LogP contribution < -0.4 is 18.8 Å². The summed E-state index contributed by atoms with van der Waals surface area (Å²) in [4.78, 5) is 2.02. The molecule has 1 N–H and O–H groups in total. The lowest BCUT2D eigenvalue weighted by molar-refractivity contribution is -0.0493. The molecular formula is C17H18ClF2N3O3S. The van der Waals surface area contributed by atoms with Gasteiger partial charge in [-0.25, -0.2) is 0 Å². The quantitative estimate of drug-likeness (QED) is 0.732. The normalized spacial score (nSPS) is 15.0. The first-order valence-electron chi connectivity index (χ1n) is 8.20. The first-order chi connectivity index (χ1) is 12.9. The molecule has 146 valence electrons. The fourth-order valence-electron chi connectivity index (χ4n) is 2.78. The molecule has 1 saturated heterocycles. The molecule has 0 bridgehead atoms. The monoisotopic (exact) mass is 417 g/mol. The van der Waals surface area contributed by atoms with E-state index in [1.807, 2.05) is 6.07 Å². The van der Waals surface area contributed by atoms with Crippen LogP contribution in [0.5, 0.6) is 5.75 Å². The SMILES string of the molecule is O=S(=O)(c1cccc(N2CCNCC2)c1)N(Cl)c1ccccc1OC(F)F. The summed E-state index contributed by atoms with van der Waals surface area (Å²) in [6.45, 7) is 0.00149. The maximum atomic E-state index is 12.9. The summed E-state index contributed by atoms with van der Waals surface area (Å²) >= 11 is 6.06. The van der Waals surface area contributed by atoms with Crippen LogP contribution in [0.3, 0.4) is 0 Å². The molecule has 3 rings (SSSR count). The number of para-hydroxylation sites is 2. The molecule has 6 nitrogen and oxygen atoms in total. The van der Waals surface area contributed by atoms with E-state index < -0.39 is 16.6 Å². The Bertz CT molecular complexity index is 892. The molecule has 2 aromatic carbocycles. The lowest BCUT2D eigenvalue weighted by Gasteiger charge is -2.29. The Kier molecular flexibility index (Phi) is 6.03. The minimum absolute atomic E-state index is 0.0413. The van der Waals surface area contributed by atoms with Gasteiger partial charge in [0.05, 0.1) is 4.90 Å². The number of hydrogen-bond donors (Lipinski definition) is 1. The maximum absolute atomic E-state index is 12.9. The number of halogens is 3. The van der Waals surface area contributed by atoms with Gasteiger partial charge in [0.1, 0.15) is 5.69 Å². The van der Waals surface area contributed by atoms with Crippen LogP contribution in [0, 0.1) is 0 Å². The van der Waals surface area contributed by atoms with Crippen molar-refractivity contribution in [3.05, 3.63) is 48.5 Å². The van der Waals surface area contributed by atoms with Gasteiger partial charge in [0.2, 0.25) is 0 Å². The molecule has 0 radical (unpaired) electrons. The molecule has 1 aliphatic heterocycles. The van der Waals surface area contributed by atoms with Crippen LogP contribution in [-0.4, -0.2) is 41.2 Å². The van der Waals surface area contributed by atoms with Crippen LogP contribution in [-0.2, 0) is 10.0 Å². The summed E-state index contributed by atoms with van der Waals surface area (Å²) < 4.78 is 55.9. The summed E-state index contributed by atoms with van der Waals surface area (Å²) in [5.41, 5.74) is 0.562. The second kappa shape index (κ2) is 8.28. The largest absolute Gasteiger partial charge is 0.433 e. The van der Waals surface area contributed by atoms with Gasteiger partial charge in [-0.15, -0.1) is 0 Å². The van der Waals surface area contributed by atoms with Crippen LogP contribution in [0.15, 0.2) is 53.4 Å². The molecule has 0 saturated carbocycles. The molecule has 27 heavy (non-hydrogen) atoms. The fourth-order valence-corrected chi connectivity index (χ4v) is 4.28. The van der Waals surface area contributed by atoms with Crippen molar-refractivity contribution in [2.75, 3.05) is 34.9 Å². The van der Waals surface area contributed by atoms with Gasteiger partial charge in [-0.3, -0.25) is 0 Å². The fraction of sp³-hybridized carbons (Fsp3) is 0.294. The van der Waals surface area contributed by atoms with Crippen molar-refractivity contribution in [1.82, 2.24) is 5.32 Å². The molecule has 1 fully saturated rings. The zero-order valence-corrected chi connectivity index (χ0v) is 15.8. The average Bonchev–Trinajstić information content (AvgIpc) is 2.68. The van der Waals surface area contributed by atoms with Gasteiger partial charge >= 0.3 is 6.61 Å². The van der Waals surface area contributed by atoms with Gasteiger partial charge in [-0.05, 0) is 30.3 Å². The van der Waals surface area contributed by atoms with E-state index >= 15 is 0 Å². The topological polar surface area (TPSA) is 61.9 Å². The number of anilines is 2. The standard InChI is InChI=1S/C17H18ClF2N3O3S/c18-23(15-6-1-2-7-16(15)26-17(19)20)27(24,25)14-5-3-4-13(12-14)22-10-8-21-9-11-22/h1-7,12,17,21H,8-11H2. The van der Waals surface area contributed by atoms with E-state index in [1.54, 1.807) is 6.07 Å². The van der Waals surface area contributed by atoms with Crippen molar-refractivity contribution in [3.63, 3.8) is 0 Å². The minimum atomic E-state index is -4.18. The number of sulfonamides is 1. The van der Waals surface area contributed by atoms with Crippen molar-refractivity contribution in [2.24, 2.45) is 0 Å². The number of ether oxygens (including phenoxy) is 1. The Hall–Kier alpha value is -2.10. The Morgan fingerprint density at radius 2 is 1.81 bits per heavy atom. The molecule has 0 aliphatic carbocycles. The van der Waals surface area contributed by atoms with E-state index in [9.17, 15) is 17.2 Å². The Morgan fingerprint density at radius 3 is 2.52 bits per heavy atom. The minimum Gasteiger partial charge on any atom is -0.433 e. The first kappa shape index (κ1) is 19.7. The molecule has 2 aromatic rings. The highest BCUT2D eigenvalue weighted by Crippen LogP contribution is 2.35. The second-order valence-electron chi connectivity index (χ2n) is 5.80. The Balaban J connectivity index is 1.92. The van der Waals surface area contributed by atoms with Crippen molar-refractivity contribution >= 4 is 33.2 Å². The summed E-state index contributed by atoms with van der Waals surface area (Å²) in [5.74, 6) is -0.329. The molecule has 0 unspecified atom stereocenters. The predicted molar refractivity (Wildman–Crippen MR) is 100 cm³/mol. The predicted octanol–water partition coefficient (Wildman–Crippen LogP) is 3.05. The Morgan fingerprint density at radius 1 is 1.11 bits per heavy atom. The van der Waals surface area contributed by atoms with Crippen molar-refractivity contribution < 1.29 is 21.9 Å². The van der Waals surface area contributed by atoms with E-state index in [-0.39, 0.29) is 16.3 Å². The van der Waals surface area contributed by atoms with E-state index in [0.717, 1.165) is 31.9 Å². The van der Waals surface area contributed by atoms with Gasteiger partial charge < -0.3 is 15.0 Å². The molecule has 10 heteroatoms. The number of benzene rings is 2. The number of rotatable bonds is 6. The van der Waals surface area contributed by atoms with E-state index in [0.29, 0.717) is 3.82 Å². The molecule has 1 heterocycles. The zero-order chi connectivity index (χ0) is 19.4. The van der Waals surface area contributed by atoms with Crippen LogP contribution in [0.2, 0.25) is 0 Å². The third-order valence-electron chi connectivity index (χ3n) is 4.08. The second-order valence-corrected chi connectivity index (χ2v) is 8.13. The van der Waals surface area contributed by atoms with Gasteiger partial charge in [0.15, 0.2) is 5.75 Å². The number of nitrogens with one attached hydrogen (secondary N) is 1. The highest BCUT2D eigenvalue weighted by Gasteiger charge is 2.27. The summed E-state index contributed by atoms with van der Waals surface area (Å²) in [5, 5.41) is 3.23. The van der Waals surface area contributed by atoms with Gasteiger partial charge in [-0.1, -0.05) is 18.2 Å². The van der Waals surface area contributed by atoms with Crippen molar-refractivity contribution in [1.29, 1.82) is 0 Å². The van der Waals surface area contributed by atoms with E-state index in [1.165, 1.54) is 36.4 Å². The molecular weight excluding hydrogens is 400 g/mol. The van der Waals surface area contributed by atoms with Crippen molar-refractivity contribution in [2.45, 2.75) is 11.5 Å². The molecule has 1 aliphatic rings. The lowest BCUT2D eigenvalue weighted by Crippen LogP contribution is -2.43. The molecule has 0 atom stereocenters. The lowest BCUT2D eigenvalue weighted by atomic mass is 10.2. The summed E-state index contributed by atoms with van der Waals surface area (Å²) in [6.07, 6.45) is 0. The number of alkyl halides is 2. The van der Waals surface area contributed by atoms with Gasteiger partial charge in [-0.2, -0.15) is 21.0 Å². The summed E-state index contributed by atoms with van der Waals surface area (Å²) in [7, 11) is -4.18. The van der Waals surface area contributed by atoms with E-state index in [4.69, 9.17) is 11.8 Å². The molecule has 0 amide bonds. The van der Waals surface area contributed by atoms with E-state index in [2.05, 4.69) is 15.0 Å². The van der Waals surface area contributed by atoms with Crippen LogP contribution in [0.25, 0.3) is 0 Å². The van der Waals surface area contributed by atoms with Crippen LogP contribution in [0.4, 0.5) is 20.2 Å². The number of piperazine rings is 1. The Labute approximate surface area is 161 Å². The van der Waals surface area contributed by atoms with Crippen LogP contribution in [0.1, 0.15) is 0 Å². The molecule has 0 spiro atoms.